The van der Waals surface area contributed by atoms with E-state index in [-0.39, 0.29) is 18.6 Å². The minimum absolute atomic E-state index is 0.000702. The zero-order valence-electron chi connectivity index (χ0n) is 16.9. The first kappa shape index (κ1) is 20.0. The maximum absolute atomic E-state index is 12.8. The van der Waals surface area contributed by atoms with Crippen molar-refractivity contribution in [2.24, 2.45) is 0 Å². The molecule has 0 bridgehead atoms. The van der Waals surface area contributed by atoms with Gasteiger partial charge in [0.1, 0.15) is 5.75 Å². The van der Waals surface area contributed by atoms with E-state index in [0.29, 0.717) is 42.3 Å². The first-order valence-corrected chi connectivity index (χ1v) is 9.97. The zero-order chi connectivity index (χ0) is 20.9. The van der Waals surface area contributed by atoms with Crippen molar-refractivity contribution in [3.63, 3.8) is 0 Å². The molecule has 158 valence electrons. The lowest BCUT2D eigenvalue weighted by Gasteiger charge is -2.34. The van der Waals surface area contributed by atoms with Crippen LogP contribution in [0, 0.1) is 0 Å². The van der Waals surface area contributed by atoms with Gasteiger partial charge in [0.2, 0.25) is 6.79 Å². The molecule has 1 fully saturated rings. The van der Waals surface area contributed by atoms with Crippen LogP contribution in [0.3, 0.4) is 0 Å². The predicted octanol–water partition coefficient (Wildman–Crippen LogP) is 1.61. The lowest BCUT2D eigenvalue weighted by Crippen LogP contribution is -2.50. The van der Waals surface area contributed by atoms with Crippen LogP contribution in [0.1, 0.15) is 20.7 Å². The molecule has 30 heavy (non-hydrogen) atoms. The molecule has 1 N–H and O–H groups in total. The van der Waals surface area contributed by atoms with Gasteiger partial charge in [0.05, 0.1) is 7.11 Å². The van der Waals surface area contributed by atoms with Gasteiger partial charge in [-0.25, -0.2) is 0 Å². The molecule has 1 saturated heterocycles. The summed E-state index contributed by atoms with van der Waals surface area (Å²) < 4.78 is 15.8. The minimum Gasteiger partial charge on any atom is -0.497 e. The van der Waals surface area contributed by atoms with Crippen molar-refractivity contribution in [3.8, 4) is 17.2 Å². The first-order chi connectivity index (χ1) is 14.6. The number of nitrogens with zero attached hydrogens (tertiary/aromatic N) is 2. The molecule has 0 aliphatic carbocycles. The molecule has 4 rings (SSSR count). The van der Waals surface area contributed by atoms with Crippen molar-refractivity contribution in [3.05, 3.63) is 53.6 Å². The summed E-state index contributed by atoms with van der Waals surface area (Å²) in [6.45, 7) is 4.35. The van der Waals surface area contributed by atoms with Gasteiger partial charge < -0.3 is 24.4 Å². The molecule has 0 aromatic heterocycles. The summed E-state index contributed by atoms with van der Waals surface area (Å²) in [7, 11) is 1.59. The van der Waals surface area contributed by atoms with E-state index < -0.39 is 0 Å². The molecule has 0 spiro atoms. The van der Waals surface area contributed by atoms with Crippen molar-refractivity contribution >= 4 is 11.8 Å². The fourth-order valence-corrected chi connectivity index (χ4v) is 3.56. The second kappa shape index (κ2) is 9.04. The Morgan fingerprint density at radius 3 is 2.40 bits per heavy atom. The van der Waals surface area contributed by atoms with E-state index in [9.17, 15) is 9.59 Å². The number of hydrogen-bond donors (Lipinski definition) is 1. The zero-order valence-corrected chi connectivity index (χ0v) is 16.9. The normalized spacial score (nSPS) is 15.7. The lowest BCUT2D eigenvalue weighted by molar-refractivity contribution is 0.0637. The maximum atomic E-state index is 12.8. The van der Waals surface area contributed by atoms with Gasteiger partial charge in [-0.2, -0.15) is 0 Å². The Morgan fingerprint density at radius 1 is 0.967 bits per heavy atom. The molecule has 8 heteroatoms. The van der Waals surface area contributed by atoms with Crippen LogP contribution < -0.4 is 19.5 Å². The van der Waals surface area contributed by atoms with Gasteiger partial charge in [0.15, 0.2) is 11.5 Å². The summed E-state index contributed by atoms with van der Waals surface area (Å²) in [5, 5.41) is 2.94. The molecule has 2 aromatic rings. The third-order valence-corrected chi connectivity index (χ3v) is 5.34. The number of hydrogen-bond acceptors (Lipinski definition) is 6. The number of nitrogens with one attached hydrogen (secondary N) is 1. The van der Waals surface area contributed by atoms with E-state index in [0.717, 1.165) is 25.4 Å². The third-order valence-electron chi connectivity index (χ3n) is 5.34. The Balaban J connectivity index is 1.21. The Labute approximate surface area is 175 Å². The molecule has 2 aliphatic heterocycles. The molecule has 2 aliphatic rings. The standard InChI is InChI=1S/C22H25N3O5/c1-28-18-5-2-16(3-6-18)21(26)23-8-9-24-10-12-25(13-11-24)22(27)17-4-7-19-20(14-17)30-15-29-19/h2-7,14H,8-13,15H2,1H3,(H,23,26). The largest absolute Gasteiger partial charge is 0.497 e. The minimum atomic E-state index is -0.103. The van der Waals surface area contributed by atoms with Crippen molar-refractivity contribution in [2.45, 2.75) is 0 Å². The summed E-state index contributed by atoms with van der Waals surface area (Å²) in [6, 6.07) is 12.3. The second-order valence-electron chi connectivity index (χ2n) is 7.19. The van der Waals surface area contributed by atoms with Gasteiger partial charge in [-0.15, -0.1) is 0 Å². The fraction of sp³-hybridized carbons (Fsp3) is 0.364. The molecule has 2 heterocycles. The Hall–Kier alpha value is -3.26. The summed E-state index contributed by atoms with van der Waals surface area (Å²) in [6.07, 6.45) is 0. The third kappa shape index (κ3) is 4.49. The summed E-state index contributed by atoms with van der Waals surface area (Å²) in [4.78, 5) is 29.1. The number of benzene rings is 2. The van der Waals surface area contributed by atoms with Crippen molar-refractivity contribution in [2.75, 3.05) is 53.2 Å². The smallest absolute Gasteiger partial charge is 0.254 e. The molecule has 0 unspecified atom stereocenters. The van der Waals surface area contributed by atoms with Crippen LogP contribution in [0.4, 0.5) is 0 Å². The van der Waals surface area contributed by atoms with Crippen LogP contribution in [-0.2, 0) is 0 Å². The number of carbonyl (C=O) groups is 2. The second-order valence-corrected chi connectivity index (χ2v) is 7.19. The van der Waals surface area contributed by atoms with Gasteiger partial charge in [0, 0.05) is 50.4 Å². The molecule has 8 nitrogen and oxygen atoms in total. The number of piperazine rings is 1. The van der Waals surface area contributed by atoms with E-state index in [1.807, 2.05) is 4.90 Å². The van der Waals surface area contributed by atoms with Crippen LogP contribution in [-0.4, -0.2) is 74.8 Å². The quantitative estimate of drug-likeness (QED) is 0.778. The number of fused-ring (bicyclic) bond motifs is 1. The summed E-state index contributed by atoms with van der Waals surface area (Å²) in [5.41, 5.74) is 1.22. The van der Waals surface area contributed by atoms with Crippen LogP contribution >= 0.6 is 0 Å². The van der Waals surface area contributed by atoms with Crippen molar-refractivity contribution < 1.29 is 23.8 Å². The Kier molecular flexibility index (Phi) is 6.04. The molecule has 2 amide bonds. The predicted molar refractivity (Wildman–Crippen MR) is 110 cm³/mol. The average Bonchev–Trinajstić information content (AvgIpc) is 3.27. The molecule has 0 saturated carbocycles. The number of carbonyl (C=O) groups excluding carboxylic acids is 2. The average molecular weight is 411 g/mol. The van der Waals surface area contributed by atoms with E-state index in [1.54, 1.807) is 49.6 Å². The fourth-order valence-electron chi connectivity index (χ4n) is 3.56. The number of rotatable bonds is 6. The molecular weight excluding hydrogens is 386 g/mol. The van der Waals surface area contributed by atoms with Crippen LogP contribution in [0.2, 0.25) is 0 Å². The van der Waals surface area contributed by atoms with Gasteiger partial charge in [-0.05, 0) is 42.5 Å². The van der Waals surface area contributed by atoms with Crippen LogP contribution in [0.5, 0.6) is 17.2 Å². The number of methoxy groups -OCH3 is 1. The van der Waals surface area contributed by atoms with E-state index >= 15 is 0 Å². The highest BCUT2D eigenvalue weighted by molar-refractivity contribution is 5.95. The lowest BCUT2D eigenvalue weighted by atomic mass is 10.1. The molecular formula is C22H25N3O5. The van der Waals surface area contributed by atoms with Gasteiger partial charge >= 0.3 is 0 Å². The number of ether oxygens (including phenoxy) is 3. The monoisotopic (exact) mass is 411 g/mol. The maximum Gasteiger partial charge on any atom is 0.254 e. The van der Waals surface area contributed by atoms with Crippen LogP contribution in [0.15, 0.2) is 42.5 Å². The highest BCUT2D eigenvalue weighted by Gasteiger charge is 2.24. The highest BCUT2D eigenvalue weighted by Crippen LogP contribution is 2.32. The van der Waals surface area contributed by atoms with E-state index in [1.165, 1.54) is 0 Å². The molecule has 2 aromatic carbocycles. The van der Waals surface area contributed by atoms with Gasteiger partial charge in [0.25, 0.3) is 11.8 Å². The SMILES string of the molecule is COc1ccc(C(=O)NCCN2CCN(C(=O)c3ccc4c(c3)OCO4)CC2)cc1. The Bertz CT molecular complexity index is 907. The van der Waals surface area contributed by atoms with Gasteiger partial charge in [-0.1, -0.05) is 0 Å². The van der Waals surface area contributed by atoms with E-state index in [4.69, 9.17) is 14.2 Å². The Morgan fingerprint density at radius 2 is 1.67 bits per heavy atom. The van der Waals surface area contributed by atoms with E-state index in [2.05, 4.69) is 10.2 Å². The topological polar surface area (TPSA) is 80.3 Å². The van der Waals surface area contributed by atoms with Crippen molar-refractivity contribution in [1.82, 2.24) is 15.1 Å². The van der Waals surface area contributed by atoms with Crippen LogP contribution in [0.25, 0.3) is 0 Å². The first-order valence-electron chi connectivity index (χ1n) is 9.97. The molecule has 0 radical (unpaired) electrons. The van der Waals surface area contributed by atoms with Gasteiger partial charge in [-0.3, -0.25) is 14.5 Å². The number of amides is 2. The van der Waals surface area contributed by atoms with Crippen molar-refractivity contribution in [1.29, 1.82) is 0 Å². The molecule has 0 atom stereocenters. The summed E-state index contributed by atoms with van der Waals surface area (Å²) in [5.74, 6) is 1.91. The summed E-state index contributed by atoms with van der Waals surface area (Å²) >= 11 is 0. The highest BCUT2D eigenvalue weighted by atomic mass is 16.7.